The van der Waals surface area contributed by atoms with Gasteiger partial charge in [0.25, 0.3) is 0 Å². The van der Waals surface area contributed by atoms with E-state index in [-0.39, 0.29) is 17.3 Å². The average Bonchev–Trinajstić information content (AvgIpc) is 3.05. The molecule has 4 heteroatoms. The van der Waals surface area contributed by atoms with Crippen molar-refractivity contribution in [3.8, 4) is 0 Å². The van der Waals surface area contributed by atoms with Crippen LogP contribution in [0.15, 0.2) is 16.5 Å². The van der Waals surface area contributed by atoms with Crippen LogP contribution in [0, 0.1) is 5.92 Å². The fraction of sp³-hybridized carbons (Fsp3) is 0.571. The first-order valence-electron chi connectivity index (χ1n) is 6.42. The van der Waals surface area contributed by atoms with Gasteiger partial charge in [-0.2, -0.15) is 0 Å². The highest BCUT2D eigenvalue weighted by molar-refractivity contribution is 5.95. The summed E-state index contributed by atoms with van der Waals surface area (Å²) in [6, 6.07) is 3.03. The lowest BCUT2D eigenvalue weighted by atomic mass is 10.00. The summed E-state index contributed by atoms with van der Waals surface area (Å²) in [6.45, 7) is 0. The largest absolute Gasteiger partial charge is 0.463 e. The topological polar surface area (TPSA) is 56.5 Å². The molecule has 1 aromatic rings. The minimum atomic E-state index is -0.551. The lowest BCUT2D eigenvalue weighted by molar-refractivity contribution is 0.0563. The number of rotatable bonds is 5. The molecule has 0 unspecified atom stereocenters. The average molecular weight is 250 g/mol. The highest BCUT2D eigenvalue weighted by Crippen LogP contribution is 2.29. The first-order chi connectivity index (χ1) is 8.70. The molecule has 1 aliphatic carbocycles. The zero-order chi connectivity index (χ0) is 13.0. The molecule has 0 atom stereocenters. The lowest BCUT2D eigenvalue weighted by Gasteiger charge is -2.06. The highest BCUT2D eigenvalue weighted by Gasteiger charge is 2.19. The summed E-state index contributed by atoms with van der Waals surface area (Å²) < 4.78 is 9.72. The monoisotopic (exact) mass is 250 g/mol. The molecule has 1 fully saturated rings. The van der Waals surface area contributed by atoms with Gasteiger partial charge in [0.2, 0.25) is 5.76 Å². The van der Waals surface area contributed by atoms with Crippen molar-refractivity contribution in [2.75, 3.05) is 7.11 Å². The molecule has 1 aliphatic rings. The Morgan fingerprint density at radius 1 is 1.28 bits per heavy atom. The highest BCUT2D eigenvalue weighted by atomic mass is 16.5. The van der Waals surface area contributed by atoms with Crippen LogP contribution in [0.3, 0.4) is 0 Å². The van der Waals surface area contributed by atoms with Crippen LogP contribution < -0.4 is 0 Å². The molecule has 0 radical (unpaired) electrons. The van der Waals surface area contributed by atoms with Gasteiger partial charge in [-0.1, -0.05) is 25.7 Å². The predicted octanol–water partition coefficient (Wildman–Crippen LogP) is 3.22. The van der Waals surface area contributed by atoms with Gasteiger partial charge in [0.1, 0.15) is 0 Å². The van der Waals surface area contributed by atoms with Gasteiger partial charge < -0.3 is 9.15 Å². The van der Waals surface area contributed by atoms with Crippen molar-refractivity contribution < 1.29 is 18.7 Å². The van der Waals surface area contributed by atoms with E-state index < -0.39 is 5.97 Å². The van der Waals surface area contributed by atoms with Crippen molar-refractivity contribution in [3.63, 3.8) is 0 Å². The molecular formula is C14H18O4. The second kappa shape index (κ2) is 5.85. The Kier molecular flexibility index (Phi) is 4.18. The van der Waals surface area contributed by atoms with E-state index in [2.05, 4.69) is 4.74 Å². The third kappa shape index (κ3) is 3.00. The van der Waals surface area contributed by atoms with Gasteiger partial charge in [0.05, 0.1) is 7.11 Å². The number of ketones is 1. The fourth-order valence-electron chi connectivity index (χ4n) is 2.46. The summed E-state index contributed by atoms with van der Waals surface area (Å²) in [6.07, 6.45) is 6.46. The molecule has 0 spiro atoms. The van der Waals surface area contributed by atoms with Crippen LogP contribution in [0.4, 0.5) is 0 Å². The van der Waals surface area contributed by atoms with E-state index >= 15 is 0 Å². The Hall–Kier alpha value is -1.58. The number of furan rings is 1. The number of carbonyl (C=O) groups is 2. The van der Waals surface area contributed by atoms with Gasteiger partial charge >= 0.3 is 5.97 Å². The van der Waals surface area contributed by atoms with Crippen molar-refractivity contribution in [2.45, 2.75) is 38.5 Å². The zero-order valence-corrected chi connectivity index (χ0v) is 10.6. The molecule has 0 amide bonds. The first kappa shape index (κ1) is 12.9. The second-order valence-electron chi connectivity index (χ2n) is 4.77. The van der Waals surface area contributed by atoms with Crippen LogP contribution in [-0.4, -0.2) is 18.9 Å². The SMILES string of the molecule is COC(=O)c1ccc(C(=O)CCC2CCCC2)o1. The molecule has 1 saturated carbocycles. The lowest BCUT2D eigenvalue weighted by Crippen LogP contribution is -2.02. The van der Waals surface area contributed by atoms with Crippen molar-refractivity contribution in [1.82, 2.24) is 0 Å². The molecule has 0 saturated heterocycles. The van der Waals surface area contributed by atoms with Crippen LogP contribution >= 0.6 is 0 Å². The smallest absolute Gasteiger partial charge is 0.373 e. The van der Waals surface area contributed by atoms with Crippen molar-refractivity contribution in [3.05, 3.63) is 23.7 Å². The Morgan fingerprint density at radius 3 is 2.61 bits per heavy atom. The Bertz CT molecular complexity index is 427. The molecule has 0 aliphatic heterocycles. The van der Waals surface area contributed by atoms with Crippen LogP contribution in [0.1, 0.15) is 59.6 Å². The van der Waals surface area contributed by atoms with Gasteiger partial charge in [0, 0.05) is 6.42 Å². The van der Waals surface area contributed by atoms with Crippen LogP contribution in [0.5, 0.6) is 0 Å². The van der Waals surface area contributed by atoms with Gasteiger partial charge in [-0.3, -0.25) is 4.79 Å². The molecule has 0 bridgehead atoms. The first-order valence-corrected chi connectivity index (χ1v) is 6.42. The summed E-state index contributed by atoms with van der Waals surface area (Å²) in [5, 5.41) is 0. The maximum atomic E-state index is 11.9. The number of ether oxygens (including phenoxy) is 1. The van der Waals surface area contributed by atoms with Crippen LogP contribution in [0.25, 0.3) is 0 Å². The van der Waals surface area contributed by atoms with Crippen molar-refractivity contribution in [1.29, 1.82) is 0 Å². The minimum Gasteiger partial charge on any atom is -0.463 e. The Morgan fingerprint density at radius 2 is 1.94 bits per heavy atom. The molecule has 0 aromatic carbocycles. The zero-order valence-electron chi connectivity index (χ0n) is 10.6. The number of hydrogen-bond donors (Lipinski definition) is 0. The summed E-state index contributed by atoms with van der Waals surface area (Å²) in [4.78, 5) is 23.1. The minimum absolute atomic E-state index is 0.0305. The van der Waals surface area contributed by atoms with Gasteiger partial charge in [-0.05, 0) is 24.5 Å². The molecule has 0 N–H and O–H groups in total. The molecule has 18 heavy (non-hydrogen) atoms. The molecule has 2 rings (SSSR count). The predicted molar refractivity (Wildman–Crippen MR) is 65.6 cm³/mol. The van der Waals surface area contributed by atoms with Gasteiger partial charge in [-0.25, -0.2) is 4.79 Å². The van der Waals surface area contributed by atoms with E-state index in [0.717, 1.165) is 6.42 Å². The molecule has 1 aromatic heterocycles. The maximum absolute atomic E-state index is 11.9. The molecule has 1 heterocycles. The third-order valence-corrected chi connectivity index (χ3v) is 3.52. The summed E-state index contributed by atoms with van der Waals surface area (Å²) in [5.74, 6) is 0.445. The number of hydrogen-bond acceptors (Lipinski definition) is 4. The number of Topliss-reactive ketones (excluding diaryl/α,β-unsaturated/α-hetero) is 1. The number of esters is 1. The van der Waals surface area contributed by atoms with Crippen molar-refractivity contribution >= 4 is 11.8 Å². The van der Waals surface area contributed by atoms with E-state index in [1.807, 2.05) is 0 Å². The van der Waals surface area contributed by atoms with E-state index in [1.165, 1.54) is 38.9 Å². The van der Waals surface area contributed by atoms with E-state index in [1.54, 1.807) is 6.07 Å². The maximum Gasteiger partial charge on any atom is 0.373 e. The summed E-state index contributed by atoms with van der Waals surface area (Å²) in [5.41, 5.74) is 0. The quantitative estimate of drug-likeness (QED) is 0.594. The van der Waals surface area contributed by atoms with Gasteiger partial charge in [-0.15, -0.1) is 0 Å². The van der Waals surface area contributed by atoms with E-state index in [0.29, 0.717) is 12.3 Å². The third-order valence-electron chi connectivity index (χ3n) is 3.52. The molecular weight excluding hydrogens is 232 g/mol. The van der Waals surface area contributed by atoms with Crippen molar-refractivity contribution in [2.24, 2.45) is 5.92 Å². The van der Waals surface area contributed by atoms with Crippen LogP contribution in [0.2, 0.25) is 0 Å². The Balaban J connectivity index is 1.88. The number of methoxy groups -OCH3 is 1. The second-order valence-corrected chi connectivity index (χ2v) is 4.77. The normalized spacial score (nSPS) is 15.8. The Labute approximate surface area is 106 Å². The molecule has 98 valence electrons. The fourth-order valence-corrected chi connectivity index (χ4v) is 2.46. The van der Waals surface area contributed by atoms with Crippen LogP contribution in [-0.2, 0) is 4.74 Å². The number of carbonyl (C=O) groups excluding carboxylic acids is 2. The standard InChI is InChI=1S/C14H18O4/c1-17-14(16)13-9-8-12(18-13)11(15)7-6-10-4-2-3-5-10/h8-10H,2-7H2,1H3. The van der Waals surface area contributed by atoms with E-state index in [9.17, 15) is 9.59 Å². The summed E-state index contributed by atoms with van der Waals surface area (Å²) in [7, 11) is 1.28. The molecule has 4 nitrogen and oxygen atoms in total. The van der Waals surface area contributed by atoms with Gasteiger partial charge in [0.15, 0.2) is 11.5 Å². The summed E-state index contributed by atoms with van der Waals surface area (Å²) >= 11 is 0. The van der Waals surface area contributed by atoms with E-state index in [4.69, 9.17) is 4.42 Å².